The van der Waals surface area contributed by atoms with Gasteiger partial charge in [-0.25, -0.2) is 0 Å². The van der Waals surface area contributed by atoms with Gasteiger partial charge in [0.05, 0.1) is 5.41 Å². The molecule has 3 aliphatic carbocycles. The molecular weight excluding hydrogens is 444 g/mol. The number of ether oxygens (including phenoxy) is 1. The molecule has 1 aromatic rings. The van der Waals surface area contributed by atoms with Crippen LogP contribution in [0.2, 0.25) is 0 Å². The number of carbonyl (C=O) groups excluding carboxylic acids is 1. The first kappa shape index (κ1) is 27.0. The van der Waals surface area contributed by atoms with Crippen molar-refractivity contribution >= 4 is 5.97 Å². The van der Waals surface area contributed by atoms with E-state index in [0.29, 0.717) is 23.5 Å². The Morgan fingerprint density at radius 3 is 2.53 bits per heavy atom. The molecule has 0 radical (unpaired) electrons. The summed E-state index contributed by atoms with van der Waals surface area (Å²) in [5, 5.41) is 10.9. The lowest BCUT2D eigenvalue weighted by Crippen LogP contribution is -2.53. The van der Waals surface area contributed by atoms with Crippen molar-refractivity contribution in [2.45, 2.75) is 113 Å². The second kappa shape index (κ2) is 9.37. The molecule has 0 bridgehead atoms. The third-order valence-corrected chi connectivity index (χ3v) is 10.1. The predicted molar refractivity (Wildman–Crippen MR) is 148 cm³/mol. The fraction of sp³-hybridized carbons (Fsp3) is 0.667. The van der Waals surface area contributed by atoms with Gasteiger partial charge in [0.15, 0.2) is 0 Å². The van der Waals surface area contributed by atoms with Crippen LogP contribution in [0.1, 0.15) is 109 Å². The summed E-state index contributed by atoms with van der Waals surface area (Å²) < 4.78 is 6.11. The molecule has 0 aliphatic heterocycles. The summed E-state index contributed by atoms with van der Waals surface area (Å²) in [5.74, 6) is 1.70. The van der Waals surface area contributed by atoms with Crippen LogP contribution >= 0.6 is 0 Å². The highest BCUT2D eigenvalue weighted by atomic mass is 16.5. The van der Waals surface area contributed by atoms with Gasteiger partial charge in [0.1, 0.15) is 12.4 Å². The van der Waals surface area contributed by atoms with E-state index in [-0.39, 0.29) is 23.4 Å². The Bertz CT molecular complexity index is 1100. The lowest BCUT2D eigenvalue weighted by atomic mass is 9.47. The Labute approximate surface area is 219 Å². The lowest BCUT2D eigenvalue weighted by Gasteiger charge is -2.57. The molecule has 1 saturated carbocycles. The van der Waals surface area contributed by atoms with Crippen molar-refractivity contribution in [1.82, 2.24) is 0 Å². The summed E-state index contributed by atoms with van der Waals surface area (Å²) >= 11 is 0. The maximum absolute atomic E-state index is 13.8. The van der Waals surface area contributed by atoms with Gasteiger partial charge in [-0.15, -0.1) is 0 Å². The molecule has 4 rings (SSSR count). The minimum Gasteiger partial charge on any atom is -0.507 e. The van der Waals surface area contributed by atoms with Crippen LogP contribution in [0, 0.1) is 42.4 Å². The molecule has 4 atom stereocenters. The summed E-state index contributed by atoms with van der Waals surface area (Å²) in [6.07, 6.45) is 11.4. The van der Waals surface area contributed by atoms with Gasteiger partial charge in [-0.2, -0.15) is 0 Å². The van der Waals surface area contributed by atoms with Crippen molar-refractivity contribution in [3.8, 4) is 5.75 Å². The SMILES string of the molecule is Cc1cc(C(C)(C)C)c(O)c(C)c1COC(=O)[C@]1(C)CCC[C@@]2(C)[C@H]1CC=C1C=C(C(C)C)CC[C@@H]12. The largest absolute Gasteiger partial charge is 0.507 e. The van der Waals surface area contributed by atoms with Crippen molar-refractivity contribution < 1.29 is 14.6 Å². The maximum Gasteiger partial charge on any atom is 0.312 e. The number of rotatable bonds is 4. The smallest absolute Gasteiger partial charge is 0.312 e. The summed E-state index contributed by atoms with van der Waals surface area (Å²) in [6, 6.07) is 2.06. The number of phenolic OH excluding ortho intramolecular Hbond substituents is 1. The Hall–Kier alpha value is -2.03. The van der Waals surface area contributed by atoms with Gasteiger partial charge in [0.25, 0.3) is 0 Å². The number of allylic oxidation sites excluding steroid dienone is 4. The molecule has 36 heavy (non-hydrogen) atoms. The minimum absolute atomic E-state index is 0.0670. The van der Waals surface area contributed by atoms with Crippen LogP contribution in [0.15, 0.2) is 29.4 Å². The maximum atomic E-state index is 13.8. The third kappa shape index (κ3) is 4.45. The quantitative estimate of drug-likeness (QED) is 0.429. The number of fused-ring (bicyclic) bond motifs is 3. The summed E-state index contributed by atoms with van der Waals surface area (Å²) in [7, 11) is 0. The first-order valence-corrected chi connectivity index (χ1v) is 14.1. The number of aromatic hydroxyl groups is 1. The number of aryl methyl sites for hydroxylation is 1. The number of esters is 1. The molecule has 3 aliphatic rings. The standard InChI is InChI=1S/C33H48O3/c1-20(2)23-11-13-26-24(18-23)12-14-28-32(26,8)15-10-16-33(28,9)30(35)36-19-25-21(3)17-27(31(5,6)7)29(34)22(25)4/h12,17-18,20,26,28,34H,10-11,13-16,19H2,1-9H3/t26-,28+,32+,33+/m0/s1. The molecule has 0 aromatic heterocycles. The Kier molecular flexibility index (Phi) is 7.03. The van der Waals surface area contributed by atoms with Gasteiger partial charge < -0.3 is 9.84 Å². The van der Waals surface area contributed by atoms with Crippen LogP contribution < -0.4 is 0 Å². The van der Waals surface area contributed by atoms with Crippen molar-refractivity contribution in [1.29, 1.82) is 0 Å². The Morgan fingerprint density at radius 1 is 1.19 bits per heavy atom. The van der Waals surface area contributed by atoms with E-state index in [1.165, 1.54) is 24.8 Å². The van der Waals surface area contributed by atoms with Gasteiger partial charge in [-0.1, -0.05) is 71.8 Å². The van der Waals surface area contributed by atoms with Crippen LogP contribution in [-0.2, 0) is 21.6 Å². The Morgan fingerprint density at radius 2 is 1.89 bits per heavy atom. The lowest BCUT2D eigenvalue weighted by molar-refractivity contribution is -0.170. The predicted octanol–water partition coefficient (Wildman–Crippen LogP) is 8.48. The number of benzene rings is 1. The highest BCUT2D eigenvalue weighted by molar-refractivity contribution is 5.77. The van der Waals surface area contributed by atoms with Gasteiger partial charge in [0, 0.05) is 0 Å². The monoisotopic (exact) mass is 492 g/mol. The molecule has 0 saturated heterocycles. The molecular formula is C33H48O3. The number of hydrogen-bond donors (Lipinski definition) is 1. The molecule has 0 amide bonds. The van der Waals surface area contributed by atoms with Crippen molar-refractivity contribution in [3.05, 3.63) is 51.6 Å². The first-order chi connectivity index (χ1) is 16.7. The molecule has 198 valence electrons. The van der Waals surface area contributed by atoms with Crippen molar-refractivity contribution in [3.63, 3.8) is 0 Å². The minimum atomic E-state index is -0.480. The second-order valence-electron chi connectivity index (χ2n) is 13.8. The van der Waals surface area contributed by atoms with Crippen molar-refractivity contribution in [2.75, 3.05) is 0 Å². The van der Waals surface area contributed by atoms with Crippen LogP contribution in [0.25, 0.3) is 0 Å². The highest BCUT2D eigenvalue weighted by Gasteiger charge is 2.57. The van der Waals surface area contributed by atoms with Gasteiger partial charge >= 0.3 is 5.97 Å². The van der Waals surface area contributed by atoms with E-state index in [1.807, 2.05) is 6.92 Å². The molecule has 3 heteroatoms. The zero-order valence-electron chi connectivity index (χ0n) is 24.2. The third-order valence-electron chi connectivity index (χ3n) is 10.1. The summed E-state index contributed by atoms with van der Waals surface area (Å²) in [5.41, 5.74) is 6.36. The van der Waals surface area contributed by atoms with E-state index in [0.717, 1.165) is 41.5 Å². The van der Waals surface area contributed by atoms with E-state index in [1.54, 1.807) is 5.57 Å². The zero-order chi connectivity index (χ0) is 26.6. The molecule has 1 fully saturated rings. The number of phenols is 1. The molecule has 1 N–H and O–H groups in total. The molecule has 1 aromatic carbocycles. The zero-order valence-corrected chi connectivity index (χ0v) is 24.2. The molecule has 3 nitrogen and oxygen atoms in total. The molecule has 0 spiro atoms. The highest BCUT2D eigenvalue weighted by Crippen LogP contribution is 2.62. The van der Waals surface area contributed by atoms with Crippen LogP contribution in [0.3, 0.4) is 0 Å². The van der Waals surface area contributed by atoms with E-state index < -0.39 is 5.41 Å². The summed E-state index contributed by atoms with van der Waals surface area (Å²) in [4.78, 5) is 13.8. The molecule has 0 heterocycles. The van der Waals surface area contributed by atoms with Gasteiger partial charge in [-0.3, -0.25) is 4.79 Å². The van der Waals surface area contributed by atoms with E-state index >= 15 is 0 Å². The van der Waals surface area contributed by atoms with Crippen LogP contribution in [0.5, 0.6) is 5.75 Å². The number of hydrogen-bond acceptors (Lipinski definition) is 3. The van der Waals surface area contributed by atoms with Gasteiger partial charge in [0.2, 0.25) is 0 Å². The fourth-order valence-electron chi connectivity index (χ4n) is 7.70. The number of carbonyl (C=O) groups is 1. The summed E-state index contributed by atoms with van der Waals surface area (Å²) in [6.45, 7) is 19.8. The molecule has 0 unspecified atom stereocenters. The van der Waals surface area contributed by atoms with Crippen molar-refractivity contribution in [2.24, 2.45) is 28.6 Å². The van der Waals surface area contributed by atoms with E-state index in [4.69, 9.17) is 4.74 Å². The normalized spacial score (nSPS) is 30.3. The van der Waals surface area contributed by atoms with E-state index in [2.05, 4.69) is 73.6 Å². The van der Waals surface area contributed by atoms with Crippen LogP contribution in [0.4, 0.5) is 0 Å². The van der Waals surface area contributed by atoms with E-state index in [9.17, 15) is 9.90 Å². The topological polar surface area (TPSA) is 46.5 Å². The van der Waals surface area contributed by atoms with Crippen LogP contribution in [-0.4, -0.2) is 11.1 Å². The average Bonchev–Trinajstić information content (AvgIpc) is 2.79. The Balaban J connectivity index is 1.58. The second-order valence-corrected chi connectivity index (χ2v) is 13.8. The first-order valence-electron chi connectivity index (χ1n) is 14.1. The average molecular weight is 493 g/mol. The fourth-order valence-corrected chi connectivity index (χ4v) is 7.70. The van der Waals surface area contributed by atoms with Gasteiger partial charge in [-0.05, 0) is 109 Å².